The molecule has 0 aromatic heterocycles. The third-order valence-electron chi connectivity index (χ3n) is 7.89. The van der Waals surface area contributed by atoms with Crippen molar-refractivity contribution in [1.82, 2.24) is 0 Å². The minimum atomic E-state index is -1.84. The molecule has 2 aliphatic carbocycles. The lowest BCUT2D eigenvalue weighted by molar-refractivity contribution is -0.286. The number of allylic oxidation sites excluding steroid dienone is 1. The van der Waals surface area contributed by atoms with Crippen LogP contribution in [0, 0.1) is 16.7 Å². The van der Waals surface area contributed by atoms with E-state index in [1.54, 1.807) is 18.0 Å². The van der Waals surface area contributed by atoms with Gasteiger partial charge in [0.15, 0.2) is 0 Å². The fourth-order valence-electron chi connectivity index (χ4n) is 6.92. The van der Waals surface area contributed by atoms with Crippen LogP contribution in [0.2, 0.25) is 0 Å². The molecule has 27 heavy (non-hydrogen) atoms. The van der Waals surface area contributed by atoms with Crippen molar-refractivity contribution in [2.75, 3.05) is 18.6 Å². The summed E-state index contributed by atoms with van der Waals surface area (Å²) in [7, 11) is 1.77. The van der Waals surface area contributed by atoms with Crippen molar-refractivity contribution in [3.63, 3.8) is 0 Å². The number of ether oxygens (including phenoxy) is 1. The van der Waals surface area contributed by atoms with Crippen molar-refractivity contribution >= 4 is 11.6 Å². The number of fused-ring (bicyclic) bond motifs is 3. The Morgan fingerprint density at radius 3 is 2.56 bits per heavy atom. The number of amides is 1. The van der Waals surface area contributed by atoms with Gasteiger partial charge in [0.1, 0.15) is 5.60 Å². The van der Waals surface area contributed by atoms with Gasteiger partial charge in [0.05, 0.1) is 12.0 Å². The first kappa shape index (κ1) is 17.4. The van der Waals surface area contributed by atoms with Gasteiger partial charge in [-0.2, -0.15) is 0 Å². The van der Waals surface area contributed by atoms with Gasteiger partial charge in [-0.15, -0.1) is 0 Å². The van der Waals surface area contributed by atoms with Gasteiger partial charge >= 0.3 is 0 Å². The number of hydrogen-bond donors (Lipinski definition) is 2. The molecule has 0 bridgehead atoms. The highest BCUT2D eigenvalue weighted by Crippen LogP contribution is 2.84. The van der Waals surface area contributed by atoms with E-state index in [2.05, 4.69) is 0 Å². The number of benzene rings is 1. The molecule has 2 heterocycles. The highest BCUT2D eigenvalue weighted by Gasteiger charge is 2.93. The Labute approximate surface area is 159 Å². The third-order valence-corrected chi connectivity index (χ3v) is 7.89. The van der Waals surface area contributed by atoms with Crippen LogP contribution in [0.5, 0.6) is 0 Å². The van der Waals surface area contributed by atoms with Gasteiger partial charge in [-0.3, -0.25) is 4.79 Å². The van der Waals surface area contributed by atoms with Crippen molar-refractivity contribution in [1.29, 1.82) is 0 Å². The zero-order chi connectivity index (χ0) is 19.8. The number of anilines is 1. The van der Waals surface area contributed by atoms with E-state index in [0.29, 0.717) is 5.56 Å². The smallest absolute Gasteiger partial charge is 0.238 e. The molecular weight excluding hydrogens is 342 g/mol. The number of carbonyl (C=O) groups excluding carboxylic acids is 1. The van der Waals surface area contributed by atoms with Crippen LogP contribution < -0.4 is 4.90 Å². The summed E-state index contributed by atoms with van der Waals surface area (Å²) >= 11 is 0. The molecular formula is C22H27NO4. The fraction of sp³-hybridized carbons (Fsp3) is 0.591. The van der Waals surface area contributed by atoms with Crippen LogP contribution in [0.1, 0.15) is 45.7 Å². The Morgan fingerprint density at radius 1 is 1.26 bits per heavy atom. The van der Waals surface area contributed by atoms with E-state index in [-0.39, 0.29) is 12.5 Å². The lowest BCUT2D eigenvalue weighted by atomic mass is 9.60. The summed E-state index contributed by atoms with van der Waals surface area (Å²) in [6.07, 6.45) is 1.99. The second-order valence-corrected chi connectivity index (χ2v) is 9.86. The first-order valence-electron chi connectivity index (χ1n) is 9.58. The maximum atomic E-state index is 13.5. The molecule has 1 spiro atoms. The largest absolute Gasteiger partial charge is 0.382 e. The van der Waals surface area contributed by atoms with E-state index in [9.17, 15) is 15.0 Å². The average Bonchev–Trinajstić information content (AvgIpc) is 2.93. The van der Waals surface area contributed by atoms with Gasteiger partial charge in [0.2, 0.25) is 11.7 Å². The Balaban J connectivity index is 1.91. The molecule has 0 unspecified atom stereocenters. The normalized spacial score (nSPS) is 45.3. The van der Waals surface area contributed by atoms with Gasteiger partial charge in [-0.1, -0.05) is 44.6 Å². The van der Waals surface area contributed by atoms with Crippen LogP contribution >= 0.6 is 0 Å². The molecule has 1 saturated carbocycles. The summed E-state index contributed by atoms with van der Waals surface area (Å²) in [5.41, 5.74) is -0.505. The van der Waals surface area contributed by atoms with Crippen molar-refractivity contribution < 1.29 is 19.7 Å². The van der Waals surface area contributed by atoms with Crippen molar-refractivity contribution in [2.45, 2.75) is 51.4 Å². The molecule has 2 aliphatic heterocycles. The van der Waals surface area contributed by atoms with Crippen LogP contribution in [0.4, 0.5) is 5.69 Å². The van der Waals surface area contributed by atoms with E-state index in [1.165, 1.54) is 0 Å². The maximum Gasteiger partial charge on any atom is 0.238 e. The molecule has 5 heteroatoms. The van der Waals surface area contributed by atoms with E-state index in [0.717, 1.165) is 16.8 Å². The minimum absolute atomic E-state index is 0.00174. The summed E-state index contributed by atoms with van der Waals surface area (Å²) in [6, 6.07) is 5.54. The second kappa shape index (κ2) is 4.32. The Morgan fingerprint density at radius 2 is 1.93 bits per heavy atom. The number of hydrogen-bond acceptors (Lipinski definition) is 4. The fourth-order valence-corrected chi connectivity index (χ4v) is 6.92. The number of rotatable bonds is 1. The van der Waals surface area contributed by atoms with Crippen molar-refractivity contribution in [3.8, 4) is 0 Å². The highest BCUT2D eigenvalue weighted by atomic mass is 16.7. The van der Waals surface area contributed by atoms with Crippen LogP contribution in [0.25, 0.3) is 0 Å². The predicted octanol–water partition coefficient (Wildman–Crippen LogP) is 2.45. The molecule has 4 aliphatic rings. The van der Waals surface area contributed by atoms with E-state index < -0.39 is 33.6 Å². The number of nitrogens with zero attached hydrogens (tertiary/aromatic N) is 1. The summed E-state index contributed by atoms with van der Waals surface area (Å²) in [5, 5.41) is 24.1. The molecule has 1 saturated heterocycles. The second-order valence-electron chi connectivity index (χ2n) is 9.86. The highest BCUT2D eigenvalue weighted by molar-refractivity contribution is 6.12. The first-order chi connectivity index (χ1) is 12.4. The van der Waals surface area contributed by atoms with Crippen LogP contribution in [0.3, 0.4) is 0 Å². The van der Waals surface area contributed by atoms with Gasteiger partial charge in [0.25, 0.3) is 0 Å². The zero-order valence-electron chi connectivity index (χ0n) is 16.8. The molecule has 1 amide bonds. The van der Waals surface area contributed by atoms with Gasteiger partial charge in [-0.05, 0) is 25.3 Å². The molecule has 1 aromatic rings. The number of likely N-dealkylation sites (N-methyl/N-ethyl adjacent to an activating group) is 1. The average molecular weight is 369 g/mol. The van der Waals surface area contributed by atoms with Crippen LogP contribution in [0.15, 0.2) is 29.8 Å². The molecule has 5 atom stereocenters. The number of carbonyl (C=O) groups is 1. The minimum Gasteiger partial charge on any atom is -0.382 e. The zero-order valence-corrected chi connectivity index (χ0v) is 16.8. The molecule has 1 aromatic carbocycles. The lowest BCUT2D eigenvalue weighted by Crippen LogP contribution is -2.62. The molecule has 5 nitrogen and oxygen atoms in total. The topological polar surface area (TPSA) is 70.0 Å². The van der Waals surface area contributed by atoms with Gasteiger partial charge in [-0.25, -0.2) is 0 Å². The molecule has 2 N–H and O–H groups in total. The predicted molar refractivity (Wildman–Crippen MR) is 101 cm³/mol. The lowest BCUT2D eigenvalue weighted by Gasteiger charge is -2.48. The maximum absolute atomic E-state index is 13.5. The molecule has 2 fully saturated rings. The molecule has 144 valence electrons. The van der Waals surface area contributed by atoms with Crippen LogP contribution in [-0.4, -0.2) is 35.4 Å². The summed E-state index contributed by atoms with van der Waals surface area (Å²) in [6.45, 7) is 10.1. The van der Waals surface area contributed by atoms with Crippen LogP contribution in [-0.2, 0) is 20.7 Å². The molecule has 0 radical (unpaired) electrons. The Kier molecular flexibility index (Phi) is 2.78. The third kappa shape index (κ3) is 1.39. The Hall–Kier alpha value is -1.69. The Bertz CT molecular complexity index is 948. The van der Waals surface area contributed by atoms with E-state index in [1.807, 2.05) is 52.8 Å². The standard InChI is InChI=1S/C22H27NO4/c1-12(2)10-19(5)11-27-22(26)13-8-7-9-14-15(13)20(17(24)23(14)6)16(18(20,3)4)21(19,22)25/h7-10,16,25-26H,11H2,1-6H3/t16-,19+,20-,21+,22-/m0/s1. The summed E-state index contributed by atoms with van der Waals surface area (Å²) in [5.74, 6) is -2.27. The van der Waals surface area contributed by atoms with Gasteiger partial charge < -0.3 is 19.8 Å². The van der Waals surface area contributed by atoms with Crippen molar-refractivity contribution in [2.24, 2.45) is 16.7 Å². The first-order valence-corrected chi connectivity index (χ1v) is 9.58. The SMILES string of the molecule is CC(C)=C[C@]1(C)CO[C@@]2(O)c3cccc4c3[C@@]3(C(=O)N4C)[C@H](C3(C)C)[C@]21O. The summed E-state index contributed by atoms with van der Waals surface area (Å²) < 4.78 is 6.01. The van der Waals surface area contributed by atoms with Crippen molar-refractivity contribution in [3.05, 3.63) is 41.0 Å². The van der Waals surface area contributed by atoms with E-state index in [4.69, 9.17) is 4.74 Å². The number of aliphatic hydroxyl groups is 2. The van der Waals surface area contributed by atoms with Gasteiger partial charge in [0, 0.05) is 35.2 Å². The molecule has 5 rings (SSSR count). The van der Waals surface area contributed by atoms with E-state index >= 15 is 0 Å². The summed E-state index contributed by atoms with van der Waals surface area (Å²) in [4.78, 5) is 15.2. The monoisotopic (exact) mass is 369 g/mol. The quantitative estimate of drug-likeness (QED) is 0.746.